The van der Waals surface area contributed by atoms with Crippen molar-refractivity contribution in [2.75, 3.05) is 5.43 Å². The van der Waals surface area contributed by atoms with E-state index >= 15 is 0 Å². The minimum atomic E-state index is 0.590. The smallest absolute Gasteiger partial charge is 0.152 e. The van der Waals surface area contributed by atoms with Crippen LogP contribution in [0.4, 0.5) is 5.69 Å². The van der Waals surface area contributed by atoms with Gasteiger partial charge in [0.25, 0.3) is 0 Å². The molecule has 0 aliphatic rings. The summed E-state index contributed by atoms with van der Waals surface area (Å²) < 4.78 is 0. The SMILES string of the molecule is Cc1cccc(C=O)c1NN. The van der Waals surface area contributed by atoms with E-state index in [0.717, 1.165) is 11.8 Å². The fraction of sp³-hybridized carbons (Fsp3) is 0.125. The fourth-order valence-electron chi connectivity index (χ4n) is 0.986. The van der Waals surface area contributed by atoms with Crippen LogP contribution in [-0.4, -0.2) is 6.29 Å². The first-order chi connectivity index (χ1) is 5.29. The first kappa shape index (κ1) is 7.75. The fourth-order valence-corrected chi connectivity index (χ4v) is 0.986. The first-order valence-corrected chi connectivity index (χ1v) is 3.31. The number of aldehydes is 1. The van der Waals surface area contributed by atoms with Crippen LogP contribution in [0.1, 0.15) is 15.9 Å². The molecular weight excluding hydrogens is 140 g/mol. The Kier molecular flexibility index (Phi) is 2.23. The number of carbonyl (C=O) groups is 1. The summed E-state index contributed by atoms with van der Waals surface area (Å²) in [6.07, 6.45) is 0.780. The summed E-state index contributed by atoms with van der Waals surface area (Å²) in [7, 11) is 0. The van der Waals surface area contributed by atoms with Crippen LogP contribution < -0.4 is 11.3 Å². The number of hydrogen-bond donors (Lipinski definition) is 2. The van der Waals surface area contributed by atoms with Crippen molar-refractivity contribution < 1.29 is 4.79 Å². The van der Waals surface area contributed by atoms with Gasteiger partial charge >= 0.3 is 0 Å². The second kappa shape index (κ2) is 3.16. The lowest BCUT2D eigenvalue weighted by atomic mass is 10.1. The van der Waals surface area contributed by atoms with Crippen LogP contribution >= 0.6 is 0 Å². The molecule has 0 aromatic heterocycles. The molecule has 0 amide bonds. The highest BCUT2D eigenvalue weighted by molar-refractivity contribution is 5.85. The molecule has 1 aromatic rings. The van der Waals surface area contributed by atoms with Crippen molar-refractivity contribution in [2.24, 2.45) is 5.84 Å². The average molecular weight is 150 g/mol. The minimum absolute atomic E-state index is 0.590. The summed E-state index contributed by atoms with van der Waals surface area (Å²) in [5, 5.41) is 0. The number of para-hydroxylation sites is 1. The molecule has 1 rings (SSSR count). The van der Waals surface area contributed by atoms with E-state index in [-0.39, 0.29) is 0 Å². The number of nitrogens with one attached hydrogen (secondary N) is 1. The Bertz CT molecular complexity index is 271. The number of anilines is 1. The second-order valence-corrected chi connectivity index (χ2v) is 2.30. The molecule has 3 heteroatoms. The Labute approximate surface area is 65.2 Å². The van der Waals surface area contributed by atoms with Crippen molar-refractivity contribution in [3.8, 4) is 0 Å². The monoisotopic (exact) mass is 150 g/mol. The van der Waals surface area contributed by atoms with Gasteiger partial charge in [-0.3, -0.25) is 10.6 Å². The molecule has 3 N–H and O–H groups in total. The molecule has 0 saturated carbocycles. The predicted molar refractivity (Wildman–Crippen MR) is 44.4 cm³/mol. The van der Waals surface area contributed by atoms with Crippen molar-refractivity contribution in [3.63, 3.8) is 0 Å². The zero-order valence-electron chi connectivity index (χ0n) is 6.29. The molecular formula is C8H10N2O. The van der Waals surface area contributed by atoms with Gasteiger partial charge in [0.05, 0.1) is 5.69 Å². The highest BCUT2D eigenvalue weighted by Gasteiger charge is 2.00. The van der Waals surface area contributed by atoms with E-state index in [9.17, 15) is 4.79 Å². The van der Waals surface area contributed by atoms with E-state index in [1.807, 2.05) is 19.1 Å². The summed E-state index contributed by atoms with van der Waals surface area (Å²) in [5.74, 6) is 5.22. The molecule has 0 spiro atoms. The maximum atomic E-state index is 10.4. The number of carbonyl (C=O) groups excluding carboxylic acids is 1. The third-order valence-electron chi connectivity index (χ3n) is 1.58. The van der Waals surface area contributed by atoms with E-state index in [1.165, 1.54) is 0 Å². The molecule has 0 aliphatic carbocycles. The van der Waals surface area contributed by atoms with Crippen LogP contribution in [0.5, 0.6) is 0 Å². The molecule has 0 aliphatic heterocycles. The molecule has 0 fully saturated rings. The van der Waals surface area contributed by atoms with E-state index in [2.05, 4.69) is 5.43 Å². The van der Waals surface area contributed by atoms with Gasteiger partial charge in [0.1, 0.15) is 0 Å². The molecule has 1 aromatic carbocycles. The predicted octanol–water partition coefficient (Wildman–Crippen LogP) is 1.09. The van der Waals surface area contributed by atoms with Gasteiger partial charge in [-0.1, -0.05) is 12.1 Å². The topological polar surface area (TPSA) is 55.1 Å². The Morgan fingerprint density at radius 2 is 2.27 bits per heavy atom. The van der Waals surface area contributed by atoms with Crippen LogP contribution in [0.3, 0.4) is 0 Å². The maximum absolute atomic E-state index is 10.4. The number of nitrogen functional groups attached to an aromatic ring is 1. The molecule has 3 nitrogen and oxygen atoms in total. The van der Waals surface area contributed by atoms with Crippen LogP contribution in [0.15, 0.2) is 18.2 Å². The molecule has 0 bridgehead atoms. The third kappa shape index (κ3) is 1.38. The van der Waals surface area contributed by atoms with E-state index in [0.29, 0.717) is 11.3 Å². The largest absolute Gasteiger partial charge is 0.323 e. The van der Waals surface area contributed by atoms with Gasteiger partial charge < -0.3 is 5.43 Å². The van der Waals surface area contributed by atoms with Crippen LogP contribution in [0.25, 0.3) is 0 Å². The van der Waals surface area contributed by atoms with Crippen LogP contribution in [-0.2, 0) is 0 Å². The van der Waals surface area contributed by atoms with Gasteiger partial charge in [-0.15, -0.1) is 0 Å². The quantitative estimate of drug-likeness (QED) is 0.377. The Balaban J connectivity index is 3.23. The standard InChI is InChI=1S/C8H10N2O/c1-6-3-2-4-7(5-11)8(6)10-9/h2-5,10H,9H2,1H3. The van der Waals surface area contributed by atoms with Crippen molar-refractivity contribution in [2.45, 2.75) is 6.92 Å². The van der Waals surface area contributed by atoms with Gasteiger partial charge in [-0.05, 0) is 18.6 Å². The molecule has 0 radical (unpaired) electrons. The number of hydrazine groups is 1. The Morgan fingerprint density at radius 3 is 2.73 bits per heavy atom. The normalized spacial score (nSPS) is 9.27. The average Bonchev–Trinajstić information content (AvgIpc) is 2.04. The lowest BCUT2D eigenvalue weighted by molar-refractivity contribution is 0.112. The van der Waals surface area contributed by atoms with E-state index in [1.54, 1.807) is 6.07 Å². The number of rotatable bonds is 2. The third-order valence-corrected chi connectivity index (χ3v) is 1.58. The van der Waals surface area contributed by atoms with Crippen molar-refractivity contribution in [1.82, 2.24) is 0 Å². The van der Waals surface area contributed by atoms with E-state index in [4.69, 9.17) is 5.84 Å². The zero-order valence-corrected chi connectivity index (χ0v) is 6.29. The molecule has 0 atom stereocenters. The van der Waals surface area contributed by atoms with Gasteiger partial charge in [0.2, 0.25) is 0 Å². The molecule has 0 heterocycles. The van der Waals surface area contributed by atoms with Gasteiger partial charge in [0.15, 0.2) is 6.29 Å². The van der Waals surface area contributed by atoms with E-state index < -0.39 is 0 Å². The minimum Gasteiger partial charge on any atom is -0.323 e. The summed E-state index contributed by atoms with van der Waals surface area (Å²) in [4.78, 5) is 10.4. The number of hydrogen-bond acceptors (Lipinski definition) is 3. The van der Waals surface area contributed by atoms with Crippen molar-refractivity contribution in [3.05, 3.63) is 29.3 Å². The lowest BCUT2D eigenvalue weighted by Gasteiger charge is -2.05. The van der Waals surface area contributed by atoms with Crippen LogP contribution in [0, 0.1) is 6.92 Å². The lowest BCUT2D eigenvalue weighted by Crippen LogP contribution is -2.10. The second-order valence-electron chi connectivity index (χ2n) is 2.30. The zero-order chi connectivity index (χ0) is 8.27. The summed E-state index contributed by atoms with van der Waals surface area (Å²) in [5.41, 5.74) is 4.74. The first-order valence-electron chi connectivity index (χ1n) is 3.31. The molecule has 0 saturated heterocycles. The Hall–Kier alpha value is -1.35. The van der Waals surface area contributed by atoms with Gasteiger partial charge in [-0.25, -0.2) is 0 Å². The molecule has 11 heavy (non-hydrogen) atoms. The number of benzene rings is 1. The molecule has 58 valence electrons. The maximum Gasteiger partial charge on any atom is 0.152 e. The Morgan fingerprint density at radius 1 is 1.55 bits per heavy atom. The van der Waals surface area contributed by atoms with Crippen LogP contribution in [0.2, 0.25) is 0 Å². The number of aryl methyl sites for hydroxylation is 1. The summed E-state index contributed by atoms with van der Waals surface area (Å²) >= 11 is 0. The molecule has 0 unspecified atom stereocenters. The highest BCUT2D eigenvalue weighted by atomic mass is 16.1. The summed E-state index contributed by atoms with van der Waals surface area (Å²) in [6, 6.07) is 5.43. The number of nitrogens with two attached hydrogens (primary N) is 1. The van der Waals surface area contributed by atoms with Crippen molar-refractivity contribution >= 4 is 12.0 Å². The highest BCUT2D eigenvalue weighted by Crippen LogP contribution is 2.16. The summed E-state index contributed by atoms with van der Waals surface area (Å²) in [6.45, 7) is 1.89. The van der Waals surface area contributed by atoms with Gasteiger partial charge in [0, 0.05) is 5.56 Å². The van der Waals surface area contributed by atoms with Crippen molar-refractivity contribution in [1.29, 1.82) is 0 Å². The van der Waals surface area contributed by atoms with Gasteiger partial charge in [-0.2, -0.15) is 0 Å².